The van der Waals surface area contributed by atoms with Crippen molar-refractivity contribution in [2.75, 3.05) is 0 Å². The molecule has 32 heavy (non-hydrogen) atoms. The highest BCUT2D eigenvalue weighted by molar-refractivity contribution is 9.10. The highest BCUT2D eigenvalue weighted by Crippen LogP contribution is 2.54. The van der Waals surface area contributed by atoms with Gasteiger partial charge in [0.25, 0.3) is 0 Å². The Morgan fingerprint density at radius 3 is 2.16 bits per heavy atom. The van der Waals surface area contributed by atoms with Gasteiger partial charge in [0.05, 0.1) is 4.90 Å². The van der Waals surface area contributed by atoms with Crippen molar-refractivity contribution in [1.29, 1.82) is 0 Å². The molecule has 0 bridgehead atoms. The van der Waals surface area contributed by atoms with Crippen LogP contribution in [-0.4, -0.2) is 18.2 Å². The molecular weight excluding hydrogens is 543 g/mol. The number of alkyl halides is 2. The summed E-state index contributed by atoms with van der Waals surface area (Å²) in [5.41, 5.74) is -1.08. The molecule has 0 radical (unpaired) electrons. The third kappa shape index (κ3) is 5.94. The number of thioether (sulfide) groups is 1. The van der Waals surface area contributed by atoms with E-state index in [1.165, 1.54) is 18.2 Å². The van der Waals surface area contributed by atoms with E-state index in [1.54, 1.807) is 36.0 Å². The maximum Gasteiger partial charge on any atom is 0.340 e. The summed E-state index contributed by atoms with van der Waals surface area (Å²) >= 11 is 4.66. The standard InChI is InChI=1S/C21H19BrF2NO4PS2/c22-19-11-15(7-10-18(19)21(23,24)30(26)27)13-31-12-14-5-8-16(9-6-14)17-3-1-2-4-20(17)32(25,28)29/h1-11,26-27H,12-13H2,(H2,25,28,29). The van der Waals surface area contributed by atoms with E-state index in [-0.39, 0.29) is 9.37 Å². The molecule has 4 N–H and O–H groups in total. The zero-order valence-electron chi connectivity index (χ0n) is 16.5. The Labute approximate surface area is 198 Å². The van der Waals surface area contributed by atoms with Gasteiger partial charge in [-0.3, -0.25) is 0 Å². The number of hydrogen-bond acceptors (Lipinski definition) is 5. The fourth-order valence-electron chi connectivity index (χ4n) is 3.02. The lowest BCUT2D eigenvalue weighted by Gasteiger charge is -2.19. The topological polar surface area (TPSA) is 101 Å². The lowest BCUT2D eigenvalue weighted by Crippen LogP contribution is -2.13. The number of rotatable bonds is 8. The van der Waals surface area contributed by atoms with Crippen LogP contribution in [0.2, 0.25) is 0 Å². The van der Waals surface area contributed by atoms with Crippen LogP contribution in [0.25, 0.3) is 11.1 Å². The van der Waals surface area contributed by atoms with Crippen LogP contribution in [0.15, 0.2) is 76.1 Å². The SMILES string of the molecule is NS(=O)(=O)c1ccccc1-c1ccc(CSCc2ccc(C(F)(F)P(O)O)c(Br)c2)cc1. The molecule has 0 saturated carbocycles. The van der Waals surface area contributed by atoms with Gasteiger partial charge in [0, 0.05) is 27.1 Å². The Bertz CT molecular complexity index is 1210. The Kier molecular flexibility index (Phi) is 8.09. The number of primary sulfonamides is 1. The molecule has 0 atom stereocenters. The molecule has 0 saturated heterocycles. The van der Waals surface area contributed by atoms with Crippen LogP contribution in [0, 0.1) is 0 Å². The Balaban J connectivity index is 1.66. The van der Waals surface area contributed by atoms with Crippen LogP contribution in [0.5, 0.6) is 0 Å². The quantitative estimate of drug-likeness (QED) is 0.313. The molecule has 11 heteroatoms. The number of hydrogen-bond donors (Lipinski definition) is 3. The van der Waals surface area contributed by atoms with Gasteiger partial charge in [-0.25, -0.2) is 13.6 Å². The fourth-order valence-corrected chi connectivity index (χ4v) is 5.97. The molecule has 0 amide bonds. The van der Waals surface area contributed by atoms with Crippen LogP contribution >= 0.6 is 36.1 Å². The average Bonchev–Trinajstić information content (AvgIpc) is 2.73. The minimum Gasteiger partial charge on any atom is -0.346 e. The summed E-state index contributed by atoms with van der Waals surface area (Å²) in [6.45, 7) is 0. The number of benzene rings is 3. The first-order chi connectivity index (χ1) is 15.0. The Morgan fingerprint density at radius 2 is 1.56 bits per heavy atom. The highest BCUT2D eigenvalue weighted by Gasteiger charge is 2.42. The molecule has 0 fully saturated rings. The van der Waals surface area contributed by atoms with Crippen LogP contribution in [0.4, 0.5) is 8.78 Å². The molecule has 0 aromatic heterocycles. The summed E-state index contributed by atoms with van der Waals surface area (Å²) in [4.78, 5) is 18.0. The smallest absolute Gasteiger partial charge is 0.340 e. The van der Waals surface area contributed by atoms with Crippen LogP contribution in [0.3, 0.4) is 0 Å². The van der Waals surface area contributed by atoms with Gasteiger partial charge in [-0.2, -0.15) is 20.5 Å². The number of sulfonamides is 1. The molecule has 0 aliphatic carbocycles. The van der Waals surface area contributed by atoms with Gasteiger partial charge in [0.2, 0.25) is 18.4 Å². The molecule has 0 spiro atoms. The third-order valence-electron chi connectivity index (χ3n) is 4.60. The lowest BCUT2D eigenvalue weighted by molar-refractivity contribution is 0.0724. The maximum absolute atomic E-state index is 13.8. The molecule has 0 aliphatic heterocycles. The number of halogens is 3. The Morgan fingerprint density at radius 1 is 0.969 bits per heavy atom. The Hall–Kier alpha value is -1.39. The van der Waals surface area contributed by atoms with Crippen LogP contribution in [0.1, 0.15) is 16.7 Å². The highest BCUT2D eigenvalue weighted by atomic mass is 79.9. The zero-order chi connectivity index (χ0) is 23.5. The van der Waals surface area contributed by atoms with Gasteiger partial charge in [0.15, 0.2) is 0 Å². The van der Waals surface area contributed by atoms with Crippen molar-refractivity contribution in [3.8, 4) is 11.1 Å². The molecule has 0 aliphatic rings. The van der Waals surface area contributed by atoms with Crippen LogP contribution in [-0.2, 0) is 27.2 Å². The van der Waals surface area contributed by atoms with Crippen molar-refractivity contribution in [2.24, 2.45) is 5.14 Å². The summed E-state index contributed by atoms with van der Waals surface area (Å²) in [5.74, 6) is 1.22. The maximum atomic E-state index is 13.8. The van der Waals surface area contributed by atoms with Gasteiger partial charge in [-0.15, -0.1) is 0 Å². The van der Waals surface area contributed by atoms with Gasteiger partial charge < -0.3 is 9.79 Å². The minimum atomic E-state index is -3.84. The summed E-state index contributed by atoms with van der Waals surface area (Å²) in [6.07, 6.45) is 0. The molecular formula is C21H19BrF2NO4PS2. The average molecular weight is 562 g/mol. The van der Waals surface area contributed by atoms with E-state index >= 15 is 0 Å². The second-order valence-corrected chi connectivity index (χ2v) is 11.4. The fraction of sp³-hybridized carbons (Fsp3) is 0.143. The third-order valence-corrected chi connectivity index (χ3v) is 8.05. The summed E-state index contributed by atoms with van der Waals surface area (Å²) in [7, 11) is -7.26. The molecule has 0 heterocycles. The van der Waals surface area contributed by atoms with Crippen molar-refractivity contribution in [2.45, 2.75) is 22.1 Å². The minimum absolute atomic E-state index is 0.0664. The number of nitrogens with two attached hydrogens (primary N) is 1. The van der Waals surface area contributed by atoms with Crippen molar-refractivity contribution >= 4 is 46.1 Å². The van der Waals surface area contributed by atoms with Crippen molar-refractivity contribution < 1.29 is 27.0 Å². The van der Waals surface area contributed by atoms with Crippen molar-refractivity contribution in [1.82, 2.24) is 0 Å². The van der Waals surface area contributed by atoms with Crippen LogP contribution < -0.4 is 5.14 Å². The molecule has 0 unspecified atom stereocenters. The van der Waals surface area contributed by atoms with E-state index in [4.69, 9.17) is 14.9 Å². The first-order valence-electron chi connectivity index (χ1n) is 9.13. The van der Waals surface area contributed by atoms with Gasteiger partial charge in [-0.05, 0) is 28.8 Å². The van der Waals surface area contributed by atoms with E-state index in [0.29, 0.717) is 17.1 Å². The molecule has 3 aromatic carbocycles. The van der Waals surface area contributed by atoms with Crippen molar-refractivity contribution in [3.05, 3.63) is 87.9 Å². The second kappa shape index (κ2) is 10.3. The monoisotopic (exact) mass is 561 g/mol. The first-order valence-corrected chi connectivity index (χ1v) is 13.9. The lowest BCUT2D eigenvalue weighted by atomic mass is 10.0. The van der Waals surface area contributed by atoms with E-state index in [2.05, 4.69) is 15.9 Å². The molecule has 3 rings (SSSR count). The van der Waals surface area contributed by atoms with E-state index in [0.717, 1.165) is 16.7 Å². The van der Waals surface area contributed by atoms with E-state index in [1.807, 2.05) is 24.3 Å². The predicted octanol–water partition coefficient (Wildman–Crippen LogP) is 5.54. The normalized spacial score (nSPS) is 12.3. The second-order valence-electron chi connectivity index (χ2n) is 6.88. The molecule has 5 nitrogen and oxygen atoms in total. The molecule has 170 valence electrons. The van der Waals surface area contributed by atoms with E-state index in [9.17, 15) is 17.2 Å². The van der Waals surface area contributed by atoms with Gasteiger partial charge in [0.1, 0.15) is 0 Å². The van der Waals surface area contributed by atoms with Crippen molar-refractivity contribution in [3.63, 3.8) is 0 Å². The van der Waals surface area contributed by atoms with Gasteiger partial charge in [-0.1, -0.05) is 70.5 Å². The first kappa shape index (κ1) is 25.2. The summed E-state index contributed by atoms with van der Waals surface area (Å²) < 4.78 is 51.4. The van der Waals surface area contributed by atoms with E-state index < -0.39 is 29.6 Å². The summed E-state index contributed by atoms with van der Waals surface area (Å²) in [5, 5.41) is 5.30. The molecule has 3 aromatic rings. The largest absolute Gasteiger partial charge is 0.346 e. The zero-order valence-corrected chi connectivity index (χ0v) is 20.6. The summed E-state index contributed by atoms with van der Waals surface area (Å²) in [6, 6.07) is 18.3. The predicted molar refractivity (Wildman–Crippen MR) is 128 cm³/mol. The van der Waals surface area contributed by atoms with Gasteiger partial charge >= 0.3 is 5.66 Å².